The molecule has 62 valence electrons. The van der Waals surface area contributed by atoms with Crippen LogP contribution < -0.4 is 11.3 Å². The predicted molar refractivity (Wildman–Crippen MR) is 47.1 cm³/mol. The molecule has 0 spiro atoms. The molecule has 0 aliphatic rings. The zero-order chi connectivity index (χ0) is 6.69. The van der Waals surface area contributed by atoms with Crippen LogP contribution in [0.25, 0.3) is 0 Å². The fourth-order valence-corrected chi connectivity index (χ4v) is 0.574. The molecular weight excluding hydrogens is 162 g/mol. The summed E-state index contributed by atoms with van der Waals surface area (Å²) in [5.41, 5.74) is 0.220. The Morgan fingerprint density at radius 2 is 1.64 bits per heavy atom. The van der Waals surface area contributed by atoms with Gasteiger partial charge in [0, 0.05) is 0 Å². The topological polar surface area (TPSA) is 76.6 Å². The maximum Gasteiger partial charge on any atom is 0.0715 e. The monoisotopic (exact) mass is 173 g/mol. The van der Waals surface area contributed by atoms with Crippen LogP contribution in [0.4, 0.5) is 0 Å². The summed E-state index contributed by atoms with van der Waals surface area (Å²) < 4.78 is 0. The Balaban J connectivity index is 0. The van der Waals surface area contributed by atoms with Crippen molar-refractivity contribution in [2.45, 2.75) is 0 Å². The maximum absolute atomic E-state index is 10.1. The van der Waals surface area contributed by atoms with Gasteiger partial charge in [0.25, 0.3) is 0 Å². The summed E-state index contributed by atoms with van der Waals surface area (Å²) in [6, 6.07) is 8.06. The lowest BCUT2D eigenvalue weighted by atomic mass is 10.2. The molecule has 0 heterocycles. The highest BCUT2D eigenvalue weighted by atomic mass is 32.1. The summed E-state index contributed by atoms with van der Waals surface area (Å²) in [6.07, 6.45) is 0. The number of carbonyl (C=O) groups excluding carboxylic acids is 1. The molecular formula is C7H11NO2S. The Morgan fingerprint density at radius 3 is 1.91 bits per heavy atom. The molecule has 4 heteroatoms. The standard InChI is InChI=1S/C7H6O2.H3N.H2S/c8-7(9)6-4-2-1-3-5-6;;/h1-5H,(H,8,9);1H3;1H2. The molecule has 0 aliphatic carbocycles. The minimum Gasteiger partial charge on any atom is -0.545 e. The zero-order valence-corrected chi connectivity index (χ0v) is 7.20. The first-order valence-electron chi connectivity index (χ1n) is 2.57. The largest absolute Gasteiger partial charge is 0.545 e. The fourth-order valence-electron chi connectivity index (χ4n) is 0.574. The number of rotatable bonds is 1. The number of hydrogen-bond acceptors (Lipinski definition) is 2. The van der Waals surface area contributed by atoms with Gasteiger partial charge in [-0.3, -0.25) is 0 Å². The summed E-state index contributed by atoms with van der Waals surface area (Å²) in [4.78, 5) is 10.1. The van der Waals surface area contributed by atoms with E-state index in [0.717, 1.165) is 0 Å². The normalized spacial score (nSPS) is 7.27. The van der Waals surface area contributed by atoms with E-state index in [1.54, 1.807) is 18.2 Å². The lowest BCUT2D eigenvalue weighted by molar-refractivity contribution is -0.255. The molecule has 0 atom stereocenters. The Morgan fingerprint density at radius 1 is 1.18 bits per heavy atom. The number of carboxylic acid groups (broad SMARTS) is 1. The predicted octanol–water partition coefficient (Wildman–Crippen LogP) is 0.539. The Labute approximate surface area is 72.1 Å². The second kappa shape index (κ2) is 5.76. The molecule has 0 fully saturated rings. The van der Waals surface area contributed by atoms with Crippen molar-refractivity contribution >= 4 is 19.5 Å². The Kier molecular flexibility index (Phi) is 6.63. The van der Waals surface area contributed by atoms with Crippen molar-refractivity contribution in [1.29, 1.82) is 0 Å². The fraction of sp³-hybridized carbons (Fsp3) is 0. The van der Waals surface area contributed by atoms with Crippen LogP contribution in [0.2, 0.25) is 0 Å². The number of quaternary nitrogens is 1. The van der Waals surface area contributed by atoms with Crippen LogP contribution in [0.5, 0.6) is 0 Å². The minimum absolute atomic E-state index is 0. The summed E-state index contributed by atoms with van der Waals surface area (Å²) in [5, 5.41) is 10.1. The molecule has 0 saturated carbocycles. The molecule has 0 unspecified atom stereocenters. The zero-order valence-electron chi connectivity index (χ0n) is 6.20. The van der Waals surface area contributed by atoms with Crippen LogP contribution in [0.3, 0.4) is 0 Å². The van der Waals surface area contributed by atoms with E-state index < -0.39 is 5.97 Å². The number of carboxylic acids is 1. The van der Waals surface area contributed by atoms with E-state index in [4.69, 9.17) is 0 Å². The van der Waals surface area contributed by atoms with Gasteiger partial charge in [0.1, 0.15) is 0 Å². The molecule has 0 saturated heterocycles. The van der Waals surface area contributed by atoms with Crippen molar-refractivity contribution < 1.29 is 9.90 Å². The first-order chi connectivity index (χ1) is 4.30. The molecule has 0 radical (unpaired) electrons. The number of benzene rings is 1. The summed E-state index contributed by atoms with van der Waals surface area (Å²) in [5.74, 6) is -1.13. The molecule has 11 heavy (non-hydrogen) atoms. The van der Waals surface area contributed by atoms with Gasteiger partial charge >= 0.3 is 0 Å². The molecule has 1 rings (SSSR count). The molecule has 1 aromatic carbocycles. The molecule has 1 aromatic rings. The van der Waals surface area contributed by atoms with Crippen LogP contribution in [0, 0.1) is 0 Å². The van der Waals surface area contributed by atoms with E-state index in [0.29, 0.717) is 0 Å². The van der Waals surface area contributed by atoms with Gasteiger partial charge < -0.3 is 16.1 Å². The minimum atomic E-state index is -1.13. The number of aromatic carboxylic acids is 1. The van der Waals surface area contributed by atoms with Gasteiger partial charge in [-0.25, -0.2) is 0 Å². The van der Waals surface area contributed by atoms with E-state index in [1.165, 1.54) is 12.1 Å². The molecule has 3 nitrogen and oxygen atoms in total. The molecule has 0 aliphatic heterocycles. The van der Waals surface area contributed by atoms with Gasteiger partial charge in [0.05, 0.1) is 5.97 Å². The summed E-state index contributed by atoms with van der Waals surface area (Å²) >= 11 is 0. The third-order valence-electron chi connectivity index (χ3n) is 1.01. The van der Waals surface area contributed by atoms with E-state index in [9.17, 15) is 9.90 Å². The molecule has 0 bridgehead atoms. The van der Waals surface area contributed by atoms with Crippen LogP contribution in [0.1, 0.15) is 10.4 Å². The van der Waals surface area contributed by atoms with Gasteiger partial charge in [-0.1, -0.05) is 30.3 Å². The molecule has 0 amide bonds. The van der Waals surface area contributed by atoms with Crippen molar-refractivity contribution in [3.63, 3.8) is 0 Å². The van der Waals surface area contributed by atoms with Gasteiger partial charge in [0.2, 0.25) is 0 Å². The van der Waals surface area contributed by atoms with Crippen LogP contribution in [-0.2, 0) is 0 Å². The van der Waals surface area contributed by atoms with E-state index in [1.807, 2.05) is 0 Å². The number of carbonyl (C=O) groups is 1. The SMILES string of the molecule is O=C([O-])c1ccccc1.S.[NH4+]. The second-order valence-corrected chi connectivity index (χ2v) is 1.65. The summed E-state index contributed by atoms with van der Waals surface area (Å²) in [6.45, 7) is 0. The smallest absolute Gasteiger partial charge is 0.0715 e. The van der Waals surface area contributed by atoms with Gasteiger partial charge in [-0.2, -0.15) is 13.5 Å². The van der Waals surface area contributed by atoms with Crippen molar-refractivity contribution in [3.05, 3.63) is 35.9 Å². The average Bonchev–Trinajstić information content (AvgIpc) is 1.90. The maximum atomic E-state index is 10.1. The van der Waals surface area contributed by atoms with Gasteiger partial charge in [-0.05, 0) is 5.56 Å². The van der Waals surface area contributed by atoms with E-state index >= 15 is 0 Å². The molecule has 0 aromatic heterocycles. The first kappa shape index (κ1) is 12.7. The average molecular weight is 173 g/mol. The van der Waals surface area contributed by atoms with Crippen molar-refractivity contribution in [3.8, 4) is 0 Å². The van der Waals surface area contributed by atoms with Crippen molar-refractivity contribution in [2.24, 2.45) is 0 Å². The Bertz CT molecular complexity index is 213. The van der Waals surface area contributed by atoms with Gasteiger partial charge in [0.15, 0.2) is 0 Å². The van der Waals surface area contributed by atoms with Crippen molar-refractivity contribution in [1.82, 2.24) is 6.15 Å². The summed E-state index contributed by atoms with van der Waals surface area (Å²) in [7, 11) is 0. The Hall–Kier alpha value is -1.00. The van der Waals surface area contributed by atoms with Crippen molar-refractivity contribution in [2.75, 3.05) is 0 Å². The van der Waals surface area contributed by atoms with Crippen LogP contribution >= 0.6 is 13.5 Å². The first-order valence-corrected chi connectivity index (χ1v) is 2.57. The van der Waals surface area contributed by atoms with Crippen LogP contribution in [0.15, 0.2) is 30.3 Å². The lowest BCUT2D eigenvalue weighted by Crippen LogP contribution is -2.21. The lowest BCUT2D eigenvalue weighted by Gasteiger charge is -1.97. The highest BCUT2D eigenvalue weighted by Gasteiger charge is 1.85. The number of hydrogen-bond donors (Lipinski definition) is 1. The second-order valence-electron chi connectivity index (χ2n) is 1.65. The van der Waals surface area contributed by atoms with Gasteiger partial charge in [-0.15, -0.1) is 0 Å². The third kappa shape index (κ3) is 3.64. The third-order valence-corrected chi connectivity index (χ3v) is 1.01. The highest BCUT2D eigenvalue weighted by molar-refractivity contribution is 7.59. The highest BCUT2D eigenvalue weighted by Crippen LogP contribution is 1.94. The van der Waals surface area contributed by atoms with E-state index in [-0.39, 0.29) is 25.2 Å². The van der Waals surface area contributed by atoms with E-state index in [2.05, 4.69) is 0 Å². The molecule has 4 N–H and O–H groups in total. The van der Waals surface area contributed by atoms with Crippen LogP contribution in [-0.4, -0.2) is 5.97 Å². The quantitative estimate of drug-likeness (QED) is 0.672.